The van der Waals surface area contributed by atoms with Crippen LogP contribution < -0.4 is 10.2 Å². The van der Waals surface area contributed by atoms with Gasteiger partial charge in [-0.3, -0.25) is 0 Å². The molecule has 0 aromatic carbocycles. The molecule has 3 rings (SSSR count). The molecule has 0 aliphatic carbocycles. The molecule has 158 valence electrons. The summed E-state index contributed by atoms with van der Waals surface area (Å²) in [6.07, 6.45) is -0.153. The van der Waals surface area contributed by atoms with Gasteiger partial charge >= 0.3 is 6.18 Å². The van der Waals surface area contributed by atoms with E-state index in [0.717, 1.165) is 37.8 Å². The quantitative estimate of drug-likeness (QED) is 0.783. The van der Waals surface area contributed by atoms with Crippen molar-refractivity contribution in [3.8, 4) is 0 Å². The van der Waals surface area contributed by atoms with Gasteiger partial charge in [0.2, 0.25) is 5.82 Å². The Hall–Kier alpha value is -2.33. The number of likely N-dealkylation sites (N-methyl/N-ethyl adjacent to an activating group) is 1. The molecule has 0 amide bonds. The largest absolute Gasteiger partial charge is 0.451 e. The van der Waals surface area contributed by atoms with E-state index in [4.69, 9.17) is 0 Å². The Morgan fingerprint density at radius 3 is 2.55 bits per heavy atom. The molecule has 1 aliphatic heterocycles. The maximum atomic E-state index is 12.9. The molecule has 2 aromatic heterocycles. The summed E-state index contributed by atoms with van der Waals surface area (Å²) in [6, 6.07) is 1.38. The Kier molecular flexibility index (Phi) is 6.04. The van der Waals surface area contributed by atoms with Gasteiger partial charge in [-0.2, -0.15) is 13.2 Å². The first-order valence-electron chi connectivity index (χ1n) is 9.46. The van der Waals surface area contributed by atoms with E-state index >= 15 is 0 Å². The summed E-state index contributed by atoms with van der Waals surface area (Å²) in [4.78, 5) is 17.2. The monoisotopic (exact) mass is 410 g/mol. The van der Waals surface area contributed by atoms with E-state index in [0.29, 0.717) is 11.4 Å². The lowest BCUT2D eigenvalue weighted by Gasteiger charge is -2.33. The molecule has 0 radical (unpaired) electrons. The van der Waals surface area contributed by atoms with Crippen LogP contribution in [-0.2, 0) is 11.8 Å². The summed E-state index contributed by atoms with van der Waals surface area (Å²) < 4.78 is 38.7. The van der Waals surface area contributed by atoms with Gasteiger partial charge in [0.15, 0.2) is 0 Å². The molecule has 7 nitrogen and oxygen atoms in total. The molecule has 1 aliphatic rings. The fourth-order valence-corrected chi connectivity index (χ4v) is 3.64. The Bertz CT molecular complexity index is 852. The molecule has 10 heteroatoms. The van der Waals surface area contributed by atoms with Crippen molar-refractivity contribution in [2.24, 2.45) is 0 Å². The van der Waals surface area contributed by atoms with Crippen molar-refractivity contribution < 1.29 is 18.3 Å². The number of nitrogens with zero attached hydrogens (tertiary/aromatic N) is 5. The molecular formula is C19H25F3N6O. The third-order valence-corrected chi connectivity index (χ3v) is 5.08. The standard InChI is InChI=1S/C19H25F3N6O/c1-12-25-10-14(16(26-12)13-4-7-23-8-5-13)18(2,29)11-28(3)15-6-9-24-17(27-15)19(20,21)22/h6,9-10,13,23,29H,4-5,7-8,11H2,1-3H3. The van der Waals surface area contributed by atoms with Crippen LogP contribution in [0.3, 0.4) is 0 Å². The number of alkyl halides is 3. The molecule has 0 saturated carbocycles. The number of piperidine rings is 1. The first-order chi connectivity index (χ1) is 13.6. The van der Waals surface area contributed by atoms with Crippen LogP contribution in [0.5, 0.6) is 0 Å². The smallest absolute Gasteiger partial charge is 0.383 e. The summed E-state index contributed by atoms with van der Waals surface area (Å²) in [7, 11) is 1.58. The Morgan fingerprint density at radius 1 is 1.21 bits per heavy atom. The number of aryl methyl sites for hydroxylation is 1. The number of rotatable bonds is 5. The van der Waals surface area contributed by atoms with Gasteiger partial charge < -0.3 is 15.3 Å². The Labute approximate surface area is 167 Å². The minimum atomic E-state index is -4.63. The van der Waals surface area contributed by atoms with E-state index in [-0.39, 0.29) is 18.3 Å². The highest BCUT2D eigenvalue weighted by atomic mass is 19.4. The van der Waals surface area contributed by atoms with E-state index in [1.54, 1.807) is 27.1 Å². The van der Waals surface area contributed by atoms with Crippen LogP contribution in [0.2, 0.25) is 0 Å². The Balaban J connectivity index is 1.88. The number of hydrogen-bond donors (Lipinski definition) is 2. The third kappa shape index (κ3) is 4.99. The number of halogens is 3. The fourth-order valence-electron chi connectivity index (χ4n) is 3.64. The molecule has 1 saturated heterocycles. The maximum Gasteiger partial charge on any atom is 0.451 e. The average molecular weight is 410 g/mol. The predicted octanol–water partition coefficient (Wildman–Crippen LogP) is 2.40. The van der Waals surface area contributed by atoms with Gasteiger partial charge in [0.25, 0.3) is 0 Å². The summed E-state index contributed by atoms with van der Waals surface area (Å²) in [5.41, 5.74) is 0.00875. The van der Waals surface area contributed by atoms with Gasteiger partial charge in [0, 0.05) is 30.9 Å². The van der Waals surface area contributed by atoms with Crippen LogP contribution in [0.4, 0.5) is 19.0 Å². The molecule has 1 atom stereocenters. The lowest BCUT2D eigenvalue weighted by Crippen LogP contribution is -2.39. The molecule has 1 unspecified atom stereocenters. The summed E-state index contributed by atoms with van der Waals surface area (Å²) >= 11 is 0. The topological polar surface area (TPSA) is 87.1 Å². The van der Waals surface area contributed by atoms with Crippen LogP contribution in [-0.4, -0.2) is 51.7 Å². The second-order valence-electron chi connectivity index (χ2n) is 7.61. The highest BCUT2D eigenvalue weighted by Crippen LogP contribution is 2.33. The van der Waals surface area contributed by atoms with Crippen molar-refractivity contribution >= 4 is 5.82 Å². The minimum absolute atomic E-state index is 0.0195. The van der Waals surface area contributed by atoms with Gasteiger partial charge in [-0.15, -0.1) is 0 Å². The predicted molar refractivity (Wildman–Crippen MR) is 101 cm³/mol. The number of hydrogen-bond acceptors (Lipinski definition) is 7. The van der Waals surface area contributed by atoms with Gasteiger partial charge in [0.1, 0.15) is 17.2 Å². The second-order valence-corrected chi connectivity index (χ2v) is 7.61. The number of nitrogens with one attached hydrogen (secondary N) is 1. The zero-order chi connectivity index (χ0) is 21.2. The van der Waals surface area contributed by atoms with Gasteiger partial charge in [-0.25, -0.2) is 19.9 Å². The zero-order valence-electron chi connectivity index (χ0n) is 16.7. The van der Waals surface area contributed by atoms with Crippen molar-refractivity contribution in [3.05, 3.63) is 41.4 Å². The van der Waals surface area contributed by atoms with Crippen molar-refractivity contribution in [1.29, 1.82) is 0 Å². The van der Waals surface area contributed by atoms with E-state index in [9.17, 15) is 18.3 Å². The van der Waals surface area contributed by atoms with Crippen LogP contribution in [0.25, 0.3) is 0 Å². The number of aromatic nitrogens is 4. The van der Waals surface area contributed by atoms with E-state index in [1.807, 2.05) is 0 Å². The average Bonchev–Trinajstić information content (AvgIpc) is 2.67. The first kappa shape index (κ1) is 21.4. The molecule has 29 heavy (non-hydrogen) atoms. The molecule has 1 fully saturated rings. The molecule has 2 N–H and O–H groups in total. The van der Waals surface area contributed by atoms with Crippen molar-refractivity contribution in [2.45, 2.75) is 44.4 Å². The molecular weight excluding hydrogens is 385 g/mol. The Morgan fingerprint density at radius 2 is 1.90 bits per heavy atom. The number of aliphatic hydroxyl groups is 1. The van der Waals surface area contributed by atoms with E-state index in [1.165, 1.54) is 11.0 Å². The lowest BCUT2D eigenvalue weighted by molar-refractivity contribution is -0.144. The van der Waals surface area contributed by atoms with Gasteiger partial charge in [0.05, 0.1) is 12.2 Å². The molecule has 3 heterocycles. The highest BCUT2D eigenvalue weighted by Gasteiger charge is 2.36. The highest BCUT2D eigenvalue weighted by molar-refractivity contribution is 5.39. The lowest BCUT2D eigenvalue weighted by atomic mass is 9.85. The summed E-state index contributed by atoms with van der Waals surface area (Å²) in [5.74, 6) is -0.322. The van der Waals surface area contributed by atoms with Crippen LogP contribution in [0.15, 0.2) is 18.5 Å². The van der Waals surface area contributed by atoms with Crippen LogP contribution >= 0.6 is 0 Å². The minimum Gasteiger partial charge on any atom is -0.383 e. The van der Waals surface area contributed by atoms with Crippen LogP contribution in [0.1, 0.15) is 48.6 Å². The van der Waals surface area contributed by atoms with Crippen LogP contribution in [0, 0.1) is 6.92 Å². The molecule has 2 aromatic rings. The zero-order valence-corrected chi connectivity index (χ0v) is 16.7. The van der Waals surface area contributed by atoms with Crippen molar-refractivity contribution in [1.82, 2.24) is 25.3 Å². The molecule has 0 spiro atoms. The number of anilines is 1. The maximum absolute atomic E-state index is 12.9. The third-order valence-electron chi connectivity index (χ3n) is 5.08. The summed E-state index contributed by atoms with van der Waals surface area (Å²) in [5, 5.41) is 14.6. The van der Waals surface area contributed by atoms with Gasteiger partial charge in [-0.1, -0.05) is 0 Å². The van der Waals surface area contributed by atoms with E-state index in [2.05, 4.69) is 25.3 Å². The fraction of sp³-hybridized carbons (Fsp3) is 0.579. The van der Waals surface area contributed by atoms with Crippen molar-refractivity contribution in [2.75, 3.05) is 31.6 Å². The van der Waals surface area contributed by atoms with Gasteiger partial charge in [-0.05, 0) is 45.8 Å². The normalized spacial score (nSPS) is 17.8. The second kappa shape index (κ2) is 8.19. The van der Waals surface area contributed by atoms with Crippen molar-refractivity contribution in [3.63, 3.8) is 0 Å². The van der Waals surface area contributed by atoms with E-state index < -0.39 is 17.6 Å². The SMILES string of the molecule is Cc1ncc(C(C)(O)CN(C)c2ccnc(C(F)(F)F)n2)c(C2CCNCC2)n1. The summed E-state index contributed by atoms with van der Waals surface area (Å²) in [6.45, 7) is 5.18. The molecule has 0 bridgehead atoms. The first-order valence-corrected chi connectivity index (χ1v) is 9.46.